The van der Waals surface area contributed by atoms with Gasteiger partial charge in [0, 0.05) is 21.7 Å². The standard InChI is InChI=1S/C15H18N2S2/c1-3-16-15(14-17-11(2)10-19-14)8-9-18-13-7-5-4-6-12(13)15/h4-7,10,16H,3,8-9H2,1-2H3. The van der Waals surface area contributed by atoms with Crippen molar-refractivity contribution in [2.24, 2.45) is 0 Å². The Morgan fingerprint density at radius 2 is 2.21 bits per heavy atom. The molecule has 1 atom stereocenters. The lowest BCUT2D eigenvalue weighted by atomic mass is 9.87. The molecule has 0 aliphatic carbocycles. The third-order valence-corrected chi connectivity index (χ3v) is 5.74. The predicted molar refractivity (Wildman–Crippen MR) is 83.1 cm³/mol. The van der Waals surface area contributed by atoms with Crippen LogP contribution in [-0.2, 0) is 5.54 Å². The van der Waals surface area contributed by atoms with Crippen molar-refractivity contribution in [1.82, 2.24) is 10.3 Å². The van der Waals surface area contributed by atoms with Crippen molar-refractivity contribution in [3.05, 3.63) is 45.9 Å². The molecule has 0 saturated heterocycles. The quantitative estimate of drug-likeness (QED) is 0.930. The van der Waals surface area contributed by atoms with E-state index in [0.29, 0.717) is 0 Å². The smallest absolute Gasteiger partial charge is 0.118 e. The zero-order chi connectivity index (χ0) is 13.3. The molecule has 2 nitrogen and oxygen atoms in total. The van der Waals surface area contributed by atoms with Crippen molar-refractivity contribution in [2.75, 3.05) is 12.3 Å². The van der Waals surface area contributed by atoms with E-state index in [4.69, 9.17) is 4.98 Å². The molecule has 100 valence electrons. The number of thioether (sulfide) groups is 1. The minimum atomic E-state index is -0.0878. The molecule has 1 aliphatic heterocycles. The molecule has 4 heteroatoms. The topological polar surface area (TPSA) is 24.9 Å². The molecule has 1 N–H and O–H groups in total. The van der Waals surface area contributed by atoms with E-state index >= 15 is 0 Å². The van der Waals surface area contributed by atoms with Gasteiger partial charge in [-0.1, -0.05) is 25.1 Å². The Balaban J connectivity index is 2.17. The second kappa shape index (κ2) is 5.27. The van der Waals surface area contributed by atoms with Crippen molar-refractivity contribution < 1.29 is 0 Å². The highest BCUT2D eigenvalue weighted by molar-refractivity contribution is 7.99. The number of hydrogen-bond acceptors (Lipinski definition) is 4. The van der Waals surface area contributed by atoms with Gasteiger partial charge in [0.1, 0.15) is 5.01 Å². The highest BCUT2D eigenvalue weighted by Gasteiger charge is 2.40. The molecule has 0 bridgehead atoms. The maximum absolute atomic E-state index is 4.77. The van der Waals surface area contributed by atoms with Gasteiger partial charge in [0.2, 0.25) is 0 Å². The Kier molecular flexibility index (Phi) is 3.65. The average molecular weight is 290 g/mol. The van der Waals surface area contributed by atoms with Crippen molar-refractivity contribution in [1.29, 1.82) is 0 Å². The number of nitrogens with one attached hydrogen (secondary N) is 1. The molecule has 0 radical (unpaired) electrons. The van der Waals surface area contributed by atoms with Gasteiger partial charge in [0.15, 0.2) is 0 Å². The fourth-order valence-electron chi connectivity index (χ4n) is 2.73. The summed E-state index contributed by atoms with van der Waals surface area (Å²) in [5.74, 6) is 1.14. The van der Waals surface area contributed by atoms with Gasteiger partial charge in [-0.2, -0.15) is 0 Å². The Morgan fingerprint density at radius 1 is 1.37 bits per heavy atom. The number of nitrogens with zero attached hydrogens (tertiary/aromatic N) is 1. The summed E-state index contributed by atoms with van der Waals surface area (Å²) in [6, 6.07) is 8.74. The van der Waals surface area contributed by atoms with Crippen LogP contribution in [0.25, 0.3) is 0 Å². The SMILES string of the molecule is CCNC1(c2nc(C)cs2)CCSc2ccccc21. The monoisotopic (exact) mass is 290 g/mol. The molecule has 0 spiro atoms. The summed E-state index contributed by atoms with van der Waals surface area (Å²) in [5.41, 5.74) is 2.42. The van der Waals surface area contributed by atoms with Gasteiger partial charge in [0.25, 0.3) is 0 Å². The summed E-state index contributed by atoms with van der Waals surface area (Å²) in [5, 5.41) is 7.08. The summed E-state index contributed by atoms with van der Waals surface area (Å²) in [7, 11) is 0. The fraction of sp³-hybridized carbons (Fsp3) is 0.400. The van der Waals surface area contributed by atoms with Crippen molar-refractivity contribution in [3.63, 3.8) is 0 Å². The predicted octanol–water partition coefficient (Wildman–Crippen LogP) is 3.80. The fourth-order valence-corrected chi connectivity index (χ4v) is 4.94. The summed E-state index contributed by atoms with van der Waals surface area (Å²) < 4.78 is 0. The van der Waals surface area contributed by atoms with E-state index in [2.05, 4.69) is 48.8 Å². The molecule has 1 aromatic heterocycles. The molecule has 3 rings (SSSR count). The largest absolute Gasteiger partial charge is 0.302 e. The van der Waals surface area contributed by atoms with Gasteiger partial charge >= 0.3 is 0 Å². The van der Waals surface area contributed by atoms with E-state index in [-0.39, 0.29) is 5.54 Å². The first kappa shape index (κ1) is 13.2. The maximum atomic E-state index is 4.77. The van der Waals surface area contributed by atoms with Crippen LogP contribution in [0.1, 0.15) is 29.6 Å². The molecule has 2 heterocycles. The van der Waals surface area contributed by atoms with Gasteiger partial charge < -0.3 is 5.32 Å². The van der Waals surface area contributed by atoms with Crippen molar-refractivity contribution >= 4 is 23.1 Å². The zero-order valence-electron chi connectivity index (χ0n) is 11.3. The van der Waals surface area contributed by atoms with Gasteiger partial charge in [0.05, 0.1) is 5.54 Å². The first-order valence-corrected chi connectivity index (χ1v) is 8.53. The number of rotatable bonds is 3. The van der Waals surface area contributed by atoms with Gasteiger partial charge in [-0.15, -0.1) is 23.1 Å². The normalized spacial score (nSPS) is 22.2. The Labute approximate surface area is 122 Å². The summed E-state index contributed by atoms with van der Waals surface area (Å²) in [6.07, 6.45) is 1.11. The van der Waals surface area contributed by atoms with Crippen LogP contribution < -0.4 is 5.32 Å². The molecular formula is C15H18N2S2. The number of hydrogen-bond donors (Lipinski definition) is 1. The lowest BCUT2D eigenvalue weighted by Crippen LogP contribution is -2.45. The molecule has 0 fully saturated rings. The van der Waals surface area contributed by atoms with Crippen LogP contribution in [0.5, 0.6) is 0 Å². The Morgan fingerprint density at radius 3 is 2.95 bits per heavy atom. The van der Waals surface area contributed by atoms with Gasteiger partial charge in [-0.05, 0) is 31.5 Å². The van der Waals surface area contributed by atoms with Crippen molar-refractivity contribution in [2.45, 2.75) is 30.7 Å². The van der Waals surface area contributed by atoms with E-state index in [0.717, 1.165) is 24.4 Å². The van der Waals surface area contributed by atoms with E-state index < -0.39 is 0 Å². The Bertz CT molecular complexity index is 579. The van der Waals surface area contributed by atoms with Gasteiger partial charge in [-0.3, -0.25) is 0 Å². The number of fused-ring (bicyclic) bond motifs is 1. The average Bonchev–Trinajstić information content (AvgIpc) is 2.87. The minimum Gasteiger partial charge on any atom is -0.302 e. The number of benzene rings is 1. The highest BCUT2D eigenvalue weighted by Crippen LogP contribution is 2.44. The van der Waals surface area contributed by atoms with E-state index in [9.17, 15) is 0 Å². The summed E-state index contributed by atoms with van der Waals surface area (Å²) >= 11 is 3.73. The second-order valence-electron chi connectivity index (χ2n) is 4.82. The number of thiazole rings is 1. The Hall–Kier alpha value is -0.840. The molecule has 0 saturated carbocycles. The second-order valence-corrected chi connectivity index (χ2v) is 6.82. The third-order valence-electron chi connectivity index (χ3n) is 3.54. The van der Waals surface area contributed by atoms with Crippen LogP contribution in [0.4, 0.5) is 0 Å². The first-order chi connectivity index (χ1) is 9.26. The molecule has 1 aliphatic rings. The molecule has 1 unspecified atom stereocenters. The van der Waals surface area contributed by atoms with Crippen LogP contribution in [0, 0.1) is 6.92 Å². The molecular weight excluding hydrogens is 272 g/mol. The van der Waals surface area contributed by atoms with E-state index in [1.807, 2.05) is 11.8 Å². The van der Waals surface area contributed by atoms with Crippen LogP contribution in [0.2, 0.25) is 0 Å². The third kappa shape index (κ3) is 2.22. The lowest BCUT2D eigenvalue weighted by Gasteiger charge is -2.38. The first-order valence-electron chi connectivity index (χ1n) is 6.66. The highest BCUT2D eigenvalue weighted by atomic mass is 32.2. The molecule has 1 aromatic carbocycles. The van der Waals surface area contributed by atoms with Gasteiger partial charge in [-0.25, -0.2) is 4.98 Å². The summed E-state index contributed by atoms with van der Waals surface area (Å²) in [6.45, 7) is 5.20. The van der Waals surface area contributed by atoms with E-state index in [1.165, 1.54) is 15.5 Å². The molecule has 2 aromatic rings. The van der Waals surface area contributed by atoms with Crippen LogP contribution in [0.3, 0.4) is 0 Å². The van der Waals surface area contributed by atoms with Crippen LogP contribution in [-0.4, -0.2) is 17.3 Å². The number of aryl methyl sites for hydroxylation is 1. The number of aromatic nitrogens is 1. The molecule has 0 amide bonds. The summed E-state index contributed by atoms with van der Waals surface area (Å²) in [4.78, 5) is 6.16. The van der Waals surface area contributed by atoms with Crippen LogP contribution in [0.15, 0.2) is 34.5 Å². The maximum Gasteiger partial charge on any atom is 0.118 e. The van der Waals surface area contributed by atoms with Crippen LogP contribution >= 0.6 is 23.1 Å². The lowest BCUT2D eigenvalue weighted by molar-refractivity contribution is 0.387. The zero-order valence-corrected chi connectivity index (χ0v) is 12.9. The minimum absolute atomic E-state index is 0.0878. The van der Waals surface area contributed by atoms with Crippen molar-refractivity contribution in [3.8, 4) is 0 Å². The van der Waals surface area contributed by atoms with E-state index in [1.54, 1.807) is 11.3 Å². The molecule has 19 heavy (non-hydrogen) atoms.